The maximum absolute atomic E-state index is 12.6. The van der Waals surface area contributed by atoms with Crippen LogP contribution in [0.5, 0.6) is 5.75 Å². The average Bonchev–Trinajstić information content (AvgIpc) is 2.04. The van der Waals surface area contributed by atoms with Gasteiger partial charge < -0.3 is 5.11 Å². The number of hydrogen-bond acceptors (Lipinski definition) is 1. The molecule has 1 aromatic rings. The molecule has 0 amide bonds. The van der Waals surface area contributed by atoms with Crippen molar-refractivity contribution in [1.82, 2.24) is 0 Å². The topological polar surface area (TPSA) is 20.2 Å². The maximum Gasteiger partial charge on any atom is 0.336 e. The number of phenols is 1. The van der Waals surface area contributed by atoms with Crippen LogP contribution in [-0.4, -0.2) is 11.5 Å². The Morgan fingerprint density at radius 1 is 1.15 bits per heavy atom. The number of aromatic hydroxyl groups is 1. The van der Waals surface area contributed by atoms with Crippen LogP contribution < -0.4 is 0 Å². The van der Waals surface area contributed by atoms with Crippen molar-refractivity contribution < 1.29 is 22.7 Å². The van der Waals surface area contributed by atoms with Gasteiger partial charge in [-0.25, -0.2) is 8.78 Å². The van der Waals surface area contributed by atoms with Crippen LogP contribution in [0.15, 0.2) is 24.3 Å². The van der Waals surface area contributed by atoms with E-state index in [0.717, 1.165) is 18.2 Å². The number of benzene rings is 1. The van der Waals surface area contributed by atoms with E-state index < -0.39 is 23.7 Å². The molecule has 0 saturated heterocycles. The molecule has 0 radical (unpaired) electrons. The lowest BCUT2D eigenvalue weighted by Crippen LogP contribution is -2.23. The molecule has 1 nitrogen and oxygen atoms in total. The van der Waals surface area contributed by atoms with Crippen LogP contribution in [-0.2, 0) is 5.92 Å². The van der Waals surface area contributed by atoms with Crippen LogP contribution in [0, 0.1) is 0 Å². The molecular formula is C8H6F4O. The first kappa shape index (κ1) is 9.83. The maximum atomic E-state index is 12.6. The van der Waals surface area contributed by atoms with Crippen molar-refractivity contribution >= 4 is 0 Å². The van der Waals surface area contributed by atoms with E-state index in [1.54, 1.807) is 0 Å². The Balaban J connectivity index is 3.14. The number of para-hydroxylation sites is 1. The molecule has 0 aliphatic rings. The molecule has 0 spiro atoms. The summed E-state index contributed by atoms with van der Waals surface area (Å²) in [5, 5.41) is 8.88. The van der Waals surface area contributed by atoms with Crippen LogP contribution in [0.4, 0.5) is 17.6 Å². The van der Waals surface area contributed by atoms with Gasteiger partial charge in [-0.2, -0.15) is 8.78 Å². The first-order chi connectivity index (χ1) is 5.96. The second-order valence-electron chi connectivity index (χ2n) is 2.44. The first-order valence-electron chi connectivity index (χ1n) is 3.40. The lowest BCUT2D eigenvalue weighted by atomic mass is 10.1. The van der Waals surface area contributed by atoms with Gasteiger partial charge in [-0.3, -0.25) is 0 Å². The predicted octanol–water partition coefficient (Wildman–Crippen LogP) is 2.75. The van der Waals surface area contributed by atoms with E-state index in [1.165, 1.54) is 6.07 Å². The Kier molecular flexibility index (Phi) is 2.45. The highest BCUT2D eigenvalue weighted by Gasteiger charge is 2.44. The second kappa shape index (κ2) is 3.24. The Morgan fingerprint density at radius 2 is 1.69 bits per heavy atom. The summed E-state index contributed by atoms with van der Waals surface area (Å²) in [6, 6.07) is 4.14. The van der Waals surface area contributed by atoms with Gasteiger partial charge >= 0.3 is 12.3 Å². The normalized spacial score (nSPS) is 12.1. The predicted molar refractivity (Wildman–Crippen MR) is 38.0 cm³/mol. The monoisotopic (exact) mass is 194 g/mol. The standard InChI is InChI=1S/C8H6F4O/c9-7(10)8(11,12)5-3-1-2-4-6(5)13/h1-4,7,13H. The summed E-state index contributed by atoms with van der Waals surface area (Å²) in [6.07, 6.45) is -3.82. The molecule has 72 valence electrons. The summed E-state index contributed by atoms with van der Waals surface area (Å²) in [6.45, 7) is 0. The summed E-state index contributed by atoms with van der Waals surface area (Å²) in [5.41, 5.74) is -1.05. The molecule has 5 heteroatoms. The van der Waals surface area contributed by atoms with Crippen molar-refractivity contribution in [3.05, 3.63) is 29.8 Å². The number of halogens is 4. The molecule has 0 atom stereocenters. The Bertz CT molecular complexity index is 298. The molecule has 0 heterocycles. The molecule has 0 aliphatic carbocycles. The van der Waals surface area contributed by atoms with Crippen LogP contribution in [0.2, 0.25) is 0 Å². The van der Waals surface area contributed by atoms with E-state index in [9.17, 15) is 17.6 Å². The van der Waals surface area contributed by atoms with Crippen molar-refractivity contribution in [3.63, 3.8) is 0 Å². The average molecular weight is 194 g/mol. The number of rotatable bonds is 2. The first-order valence-corrected chi connectivity index (χ1v) is 3.40. The zero-order valence-electron chi connectivity index (χ0n) is 6.35. The molecule has 0 bridgehead atoms. The lowest BCUT2D eigenvalue weighted by Gasteiger charge is -2.16. The van der Waals surface area contributed by atoms with Gasteiger partial charge in [0.05, 0.1) is 5.56 Å². The summed E-state index contributed by atoms with van der Waals surface area (Å²) in [7, 11) is 0. The van der Waals surface area contributed by atoms with Crippen LogP contribution in [0.1, 0.15) is 5.56 Å². The smallest absolute Gasteiger partial charge is 0.336 e. The second-order valence-corrected chi connectivity index (χ2v) is 2.44. The van der Waals surface area contributed by atoms with E-state index >= 15 is 0 Å². The number of phenolic OH excluding ortho intramolecular Hbond substituents is 1. The zero-order chi connectivity index (χ0) is 10.1. The highest BCUT2D eigenvalue weighted by Crippen LogP contribution is 2.38. The Hall–Kier alpha value is -1.26. The quantitative estimate of drug-likeness (QED) is 0.717. The van der Waals surface area contributed by atoms with Gasteiger partial charge in [0.1, 0.15) is 5.75 Å². The fourth-order valence-corrected chi connectivity index (χ4v) is 0.873. The highest BCUT2D eigenvalue weighted by atomic mass is 19.3. The minimum Gasteiger partial charge on any atom is -0.507 e. The number of hydrogen-bond donors (Lipinski definition) is 1. The third kappa shape index (κ3) is 1.74. The molecule has 1 rings (SSSR count). The van der Waals surface area contributed by atoms with Gasteiger partial charge in [-0.05, 0) is 12.1 Å². The molecule has 0 unspecified atom stereocenters. The molecular weight excluding hydrogens is 188 g/mol. The van der Waals surface area contributed by atoms with Crippen LogP contribution >= 0.6 is 0 Å². The summed E-state index contributed by atoms with van der Waals surface area (Å²) >= 11 is 0. The van der Waals surface area contributed by atoms with E-state index in [1.807, 2.05) is 0 Å². The van der Waals surface area contributed by atoms with Crippen molar-refractivity contribution in [3.8, 4) is 5.75 Å². The van der Waals surface area contributed by atoms with Gasteiger partial charge in [0, 0.05) is 0 Å². The molecule has 0 aromatic heterocycles. The van der Waals surface area contributed by atoms with Crippen LogP contribution in [0.3, 0.4) is 0 Å². The molecule has 0 aliphatic heterocycles. The van der Waals surface area contributed by atoms with Crippen LogP contribution in [0.25, 0.3) is 0 Å². The van der Waals surface area contributed by atoms with Gasteiger partial charge in [0.25, 0.3) is 0 Å². The summed E-state index contributed by atoms with van der Waals surface area (Å²) in [5.74, 6) is -5.13. The zero-order valence-corrected chi connectivity index (χ0v) is 6.35. The van der Waals surface area contributed by atoms with E-state index in [2.05, 4.69) is 0 Å². The summed E-state index contributed by atoms with van der Waals surface area (Å²) < 4.78 is 48.9. The molecule has 1 aromatic carbocycles. The highest BCUT2D eigenvalue weighted by molar-refractivity contribution is 5.35. The van der Waals surface area contributed by atoms with E-state index in [4.69, 9.17) is 5.11 Å². The molecule has 0 saturated carbocycles. The van der Waals surface area contributed by atoms with Gasteiger partial charge in [0.15, 0.2) is 0 Å². The lowest BCUT2D eigenvalue weighted by molar-refractivity contribution is -0.136. The summed E-state index contributed by atoms with van der Waals surface area (Å²) in [4.78, 5) is 0. The largest absolute Gasteiger partial charge is 0.507 e. The van der Waals surface area contributed by atoms with Crippen molar-refractivity contribution in [2.75, 3.05) is 0 Å². The van der Waals surface area contributed by atoms with Gasteiger partial charge in [-0.1, -0.05) is 12.1 Å². The van der Waals surface area contributed by atoms with Crippen molar-refractivity contribution in [2.24, 2.45) is 0 Å². The minimum absolute atomic E-state index is 0.765. The molecule has 0 fully saturated rings. The molecule has 13 heavy (non-hydrogen) atoms. The van der Waals surface area contributed by atoms with Crippen molar-refractivity contribution in [2.45, 2.75) is 12.3 Å². The SMILES string of the molecule is Oc1ccccc1C(F)(F)C(F)F. The fraction of sp³-hybridized carbons (Fsp3) is 0.250. The van der Waals surface area contributed by atoms with E-state index in [-0.39, 0.29) is 0 Å². The Labute approximate surface area is 71.6 Å². The van der Waals surface area contributed by atoms with Gasteiger partial charge in [0.2, 0.25) is 0 Å². The fourth-order valence-electron chi connectivity index (χ4n) is 0.873. The van der Waals surface area contributed by atoms with Gasteiger partial charge in [-0.15, -0.1) is 0 Å². The van der Waals surface area contributed by atoms with Crippen molar-refractivity contribution in [1.29, 1.82) is 0 Å². The number of alkyl halides is 4. The molecule has 1 N–H and O–H groups in total. The third-order valence-electron chi connectivity index (χ3n) is 1.54. The Morgan fingerprint density at radius 3 is 2.15 bits per heavy atom. The third-order valence-corrected chi connectivity index (χ3v) is 1.54. The van der Waals surface area contributed by atoms with E-state index in [0.29, 0.717) is 0 Å². The minimum atomic E-state index is -4.30.